The monoisotopic (exact) mass is 228 g/mol. The lowest BCUT2D eigenvalue weighted by molar-refractivity contribution is 0.189. The van der Waals surface area contributed by atoms with Gasteiger partial charge in [-0.25, -0.2) is 0 Å². The molecule has 16 heavy (non-hydrogen) atoms. The van der Waals surface area contributed by atoms with Gasteiger partial charge in [0.15, 0.2) is 0 Å². The Balaban J connectivity index is 1.94. The molecule has 1 atom stereocenters. The van der Waals surface area contributed by atoms with Crippen LogP contribution < -0.4 is 10.6 Å². The van der Waals surface area contributed by atoms with E-state index in [4.69, 9.17) is 0 Å². The Kier molecular flexibility index (Phi) is 6.96. The van der Waals surface area contributed by atoms with Crippen molar-refractivity contribution in [1.29, 1.82) is 0 Å². The Morgan fingerprint density at radius 2 is 2.19 bits per heavy atom. The maximum absolute atomic E-state index is 3.53. The van der Waals surface area contributed by atoms with Crippen LogP contribution in [0.5, 0.6) is 0 Å². The molecular formula is C12H28N4. The highest BCUT2D eigenvalue weighted by molar-refractivity contribution is 4.77. The minimum atomic E-state index is 0.718. The smallest absolute Gasteiger partial charge is 0.0230 e. The van der Waals surface area contributed by atoms with E-state index in [1.54, 1.807) is 0 Å². The molecule has 0 amide bonds. The molecule has 1 rings (SSSR count). The Labute approximate surface area is 100 Å². The Hall–Kier alpha value is -0.160. The molecule has 0 radical (unpaired) electrons. The molecule has 1 aliphatic heterocycles. The second-order valence-corrected chi connectivity index (χ2v) is 5.03. The normalized spacial score (nSPS) is 22.9. The van der Waals surface area contributed by atoms with Crippen LogP contribution in [0.1, 0.15) is 12.8 Å². The summed E-state index contributed by atoms with van der Waals surface area (Å²) in [5.41, 5.74) is 0. The predicted molar refractivity (Wildman–Crippen MR) is 69.9 cm³/mol. The third kappa shape index (κ3) is 5.80. The second-order valence-electron chi connectivity index (χ2n) is 5.03. The summed E-state index contributed by atoms with van der Waals surface area (Å²) in [6.07, 6.45) is 2.50. The van der Waals surface area contributed by atoms with Gasteiger partial charge in [0, 0.05) is 25.7 Å². The molecule has 2 N–H and O–H groups in total. The number of nitrogens with zero attached hydrogens (tertiary/aromatic N) is 2. The van der Waals surface area contributed by atoms with Crippen LogP contribution in [-0.2, 0) is 0 Å². The van der Waals surface area contributed by atoms with Crippen LogP contribution in [0, 0.1) is 0 Å². The SMILES string of the molecule is CN(C)CCCNCCC1CNCCN1C. The lowest BCUT2D eigenvalue weighted by Gasteiger charge is -2.33. The maximum Gasteiger partial charge on any atom is 0.0230 e. The van der Waals surface area contributed by atoms with Crippen LogP contribution >= 0.6 is 0 Å². The maximum atomic E-state index is 3.53. The molecule has 1 saturated heterocycles. The minimum absolute atomic E-state index is 0.718. The van der Waals surface area contributed by atoms with E-state index in [0.717, 1.165) is 32.2 Å². The van der Waals surface area contributed by atoms with Gasteiger partial charge in [-0.2, -0.15) is 0 Å². The molecule has 0 aromatic rings. The van der Waals surface area contributed by atoms with E-state index in [9.17, 15) is 0 Å². The molecule has 0 spiro atoms. The summed E-state index contributed by atoms with van der Waals surface area (Å²) in [5.74, 6) is 0. The summed E-state index contributed by atoms with van der Waals surface area (Å²) in [4.78, 5) is 4.71. The third-order valence-corrected chi connectivity index (χ3v) is 3.26. The van der Waals surface area contributed by atoms with Crippen molar-refractivity contribution in [2.24, 2.45) is 0 Å². The van der Waals surface area contributed by atoms with Gasteiger partial charge in [-0.3, -0.25) is 0 Å². The summed E-state index contributed by atoms with van der Waals surface area (Å²) in [6, 6.07) is 0.718. The van der Waals surface area contributed by atoms with Gasteiger partial charge >= 0.3 is 0 Å². The molecular weight excluding hydrogens is 200 g/mol. The molecule has 0 aromatic carbocycles. The van der Waals surface area contributed by atoms with Crippen molar-refractivity contribution in [2.75, 3.05) is 60.4 Å². The molecule has 96 valence electrons. The summed E-state index contributed by atoms with van der Waals surface area (Å²) in [7, 11) is 6.49. The van der Waals surface area contributed by atoms with Crippen LogP contribution in [0.25, 0.3) is 0 Å². The zero-order valence-corrected chi connectivity index (χ0v) is 11.1. The van der Waals surface area contributed by atoms with Crippen molar-refractivity contribution in [3.05, 3.63) is 0 Å². The topological polar surface area (TPSA) is 30.5 Å². The Morgan fingerprint density at radius 3 is 2.88 bits per heavy atom. The van der Waals surface area contributed by atoms with Gasteiger partial charge in [-0.05, 0) is 53.6 Å². The van der Waals surface area contributed by atoms with Crippen LogP contribution in [0.2, 0.25) is 0 Å². The first kappa shape index (κ1) is 13.9. The summed E-state index contributed by atoms with van der Waals surface area (Å²) in [5, 5.41) is 6.98. The highest BCUT2D eigenvalue weighted by Gasteiger charge is 2.17. The molecule has 1 unspecified atom stereocenters. The number of nitrogens with one attached hydrogen (secondary N) is 2. The first-order valence-electron chi connectivity index (χ1n) is 6.46. The molecule has 1 aliphatic rings. The number of piperazine rings is 1. The highest BCUT2D eigenvalue weighted by Crippen LogP contribution is 2.03. The fourth-order valence-electron chi connectivity index (χ4n) is 2.10. The van der Waals surface area contributed by atoms with Gasteiger partial charge in [0.05, 0.1) is 0 Å². The van der Waals surface area contributed by atoms with E-state index < -0.39 is 0 Å². The standard InChI is InChI=1S/C12H28N4/c1-15(2)9-4-6-13-7-5-12-11-14-8-10-16(12)3/h12-14H,4-11H2,1-3H3. The number of rotatable bonds is 7. The number of likely N-dealkylation sites (N-methyl/N-ethyl adjacent to an activating group) is 1. The predicted octanol–water partition coefficient (Wildman–Crippen LogP) is -0.179. The first-order valence-corrected chi connectivity index (χ1v) is 6.46. The van der Waals surface area contributed by atoms with Gasteiger partial charge in [-0.1, -0.05) is 0 Å². The van der Waals surface area contributed by atoms with Crippen molar-refractivity contribution in [1.82, 2.24) is 20.4 Å². The van der Waals surface area contributed by atoms with Crippen molar-refractivity contribution >= 4 is 0 Å². The van der Waals surface area contributed by atoms with E-state index in [0.29, 0.717) is 0 Å². The molecule has 1 fully saturated rings. The van der Waals surface area contributed by atoms with E-state index in [1.807, 2.05) is 0 Å². The molecule has 1 heterocycles. The van der Waals surface area contributed by atoms with Crippen LogP contribution in [0.15, 0.2) is 0 Å². The van der Waals surface area contributed by atoms with E-state index in [-0.39, 0.29) is 0 Å². The van der Waals surface area contributed by atoms with Crippen molar-refractivity contribution in [3.63, 3.8) is 0 Å². The summed E-state index contributed by atoms with van der Waals surface area (Å²) >= 11 is 0. The van der Waals surface area contributed by atoms with E-state index >= 15 is 0 Å². The average molecular weight is 228 g/mol. The largest absolute Gasteiger partial charge is 0.317 e. The third-order valence-electron chi connectivity index (χ3n) is 3.26. The zero-order chi connectivity index (χ0) is 11.8. The summed E-state index contributed by atoms with van der Waals surface area (Å²) in [6.45, 7) is 6.94. The molecule has 4 nitrogen and oxygen atoms in total. The van der Waals surface area contributed by atoms with Crippen LogP contribution in [0.3, 0.4) is 0 Å². The number of hydrogen-bond acceptors (Lipinski definition) is 4. The van der Waals surface area contributed by atoms with Crippen LogP contribution in [0.4, 0.5) is 0 Å². The molecule has 0 aliphatic carbocycles. The van der Waals surface area contributed by atoms with Crippen LogP contribution in [-0.4, -0.2) is 76.3 Å². The molecule has 0 aromatic heterocycles. The Bertz CT molecular complexity index is 172. The van der Waals surface area contributed by atoms with Gasteiger partial charge in [0.25, 0.3) is 0 Å². The lowest BCUT2D eigenvalue weighted by atomic mass is 10.1. The van der Waals surface area contributed by atoms with Gasteiger partial charge in [0.1, 0.15) is 0 Å². The zero-order valence-electron chi connectivity index (χ0n) is 11.1. The van der Waals surface area contributed by atoms with Gasteiger partial charge in [-0.15, -0.1) is 0 Å². The quantitative estimate of drug-likeness (QED) is 0.592. The average Bonchev–Trinajstić information content (AvgIpc) is 2.25. The fraction of sp³-hybridized carbons (Fsp3) is 1.00. The van der Waals surface area contributed by atoms with Crippen molar-refractivity contribution < 1.29 is 0 Å². The Morgan fingerprint density at radius 1 is 1.38 bits per heavy atom. The molecule has 0 bridgehead atoms. The van der Waals surface area contributed by atoms with E-state index in [2.05, 4.69) is 41.6 Å². The molecule has 0 saturated carbocycles. The van der Waals surface area contributed by atoms with E-state index in [1.165, 1.54) is 25.9 Å². The fourth-order valence-corrected chi connectivity index (χ4v) is 2.10. The highest BCUT2D eigenvalue weighted by atomic mass is 15.2. The minimum Gasteiger partial charge on any atom is -0.317 e. The van der Waals surface area contributed by atoms with Gasteiger partial charge in [0.2, 0.25) is 0 Å². The molecule has 4 heteroatoms. The van der Waals surface area contributed by atoms with Crippen molar-refractivity contribution in [2.45, 2.75) is 18.9 Å². The van der Waals surface area contributed by atoms with Gasteiger partial charge < -0.3 is 20.4 Å². The summed E-state index contributed by atoms with van der Waals surface area (Å²) < 4.78 is 0. The lowest BCUT2D eigenvalue weighted by Crippen LogP contribution is -2.50. The number of hydrogen-bond donors (Lipinski definition) is 2. The second kappa shape index (κ2) is 8.01. The first-order chi connectivity index (χ1) is 7.70. The van der Waals surface area contributed by atoms with Crippen molar-refractivity contribution in [3.8, 4) is 0 Å².